The van der Waals surface area contributed by atoms with E-state index in [1.54, 1.807) is 0 Å². The normalized spacial score (nSPS) is 14.3. The standard InChI is InChI=1S/C15H16N2OS/c1-9-6-10(2)8-11(7-9)16-15-17-12-4-3-5-13(18)14(12)19-15/h6-8H,3-5H2,1-2H3,(H,16,17). The Morgan fingerprint density at radius 3 is 2.58 bits per heavy atom. The number of fused-ring (bicyclic) bond motifs is 1. The molecule has 0 saturated carbocycles. The minimum absolute atomic E-state index is 0.243. The maximum absolute atomic E-state index is 11.8. The molecule has 0 atom stereocenters. The lowest BCUT2D eigenvalue weighted by Crippen LogP contribution is -2.07. The summed E-state index contributed by atoms with van der Waals surface area (Å²) in [5.41, 5.74) is 4.45. The Bertz CT molecular complexity index is 625. The van der Waals surface area contributed by atoms with E-state index in [0.717, 1.165) is 34.2 Å². The van der Waals surface area contributed by atoms with Gasteiger partial charge in [0.15, 0.2) is 10.9 Å². The van der Waals surface area contributed by atoms with Crippen molar-refractivity contribution in [2.24, 2.45) is 0 Å². The molecule has 1 aromatic heterocycles. The van der Waals surface area contributed by atoms with E-state index in [-0.39, 0.29) is 5.78 Å². The molecule has 1 aromatic carbocycles. The number of aryl methyl sites for hydroxylation is 3. The highest BCUT2D eigenvalue weighted by Gasteiger charge is 2.22. The van der Waals surface area contributed by atoms with Gasteiger partial charge >= 0.3 is 0 Å². The molecule has 3 nitrogen and oxygen atoms in total. The van der Waals surface area contributed by atoms with E-state index >= 15 is 0 Å². The number of ketones is 1. The topological polar surface area (TPSA) is 42.0 Å². The number of benzene rings is 1. The van der Waals surface area contributed by atoms with Crippen molar-refractivity contribution in [2.75, 3.05) is 5.32 Å². The highest BCUT2D eigenvalue weighted by molar-refractivity contribution is 7.17. The maximum Gasteiger partial charge on any atom is 0.188 e. The average Bonchev–Trinajstić information content (AvgIpc) is 2.71. The maximum atomic E-state index is 11.8. The summed E-state index contributed by atoms with van der Waals surface area (Å²) in [6.45, 7) is 4.16. The molecule has 98 valence electrons. The van der Waals surface area contributed by atoms with Crippen molar-refractivity contribution in [1.82, 2.24) is 4.98 Å². The zero-order chi connectivity index (χ0) is 13.4. The number of thiazole rings is 1. The number of nitrogens with zero attached hydrogens (tertiary/aromatic N) is 1. The molecule has 19 heavy (non-hydrogen) atoms. The summed E-state index contributed by atoms with van der Waals surface area (Å²) >= 11 is 1.48. The summed E-state index contributed by atoms with van der Waals surface area (Å²) in [6.07, 6.45) is 2.52. The van der Waals surface area contributed by atoms with Gasteiger partial charge in [-0.15, -0.1) is 0 Å². The molecule has 0 unspecified atom stereocenters. The van der Waals surface area contributed by atoms with Crippen LogP contribution in [0.15, 0.2) is 18.2 Å². The number of rotatable bonds is 2. The highest BCUT2D eigenvalue weighted by Crippen LogP contribution is 2.31. The molecule has 0 amide bonds. The number of anilines is 2. The Morgan fingerprint density at radius 1 is 1.16 bits per heavy atom. The third-order valence-corrected chi connectivity index (χ3v) is 4.30. The quantitative estimate of drug-likeness (QED) is 0.897. The van der Waals surface area contributed by atoms with Crippen LogP contribution < -0.4 is 5.32 Å². The van der Waals surface area contributed by atoms with Crippen molar-refractivity contribution in [3.63, 3.8) is 0 Å². The number of hydrogen-bond acceptors (Lipinski definition) is 4. The zero-order valence-corrected chi connectivity index (χ0v) is 11.9. The number of Topliss-reactive ketones (excluding diaryl/α,β-unsaturated/α-hetero) is 1. The first-order valence-corrected chi connectivity index (χ1v) is 7.32. The fraction of sp³-hybridized carbons (Fsp3) is 0.333. The second-order valence-electron chi connectivity index (χ2n) is 5.07. The van der Waals surface area contributed by atoms with Crippen LogP contribution in [0, 0.1) is 13.8 Å². The summed E-state index contributed by atoms with van der Waals surface area (Å²) in [4.78, 5) is 17.2. The summed E-state index contributed by atoms with van der Waals surface area (Å²) in [5, 5.41) is 4.14. The predicted molar refractivity (Wildman–Crippen MR) is 78.6 cm³/mol. The second kappa shape index (κ2) is 4.78. The molecule has 1 aliphatic rings. The molecule has 2 aromatic rings. The van der Waals surface area contributed by atoms with Crippen LogP contribution in [0.2, 0.25) is 0 Å². The molecule has 4 heteroatoms. The lowest BCUT2D eigenvalue weighted by Gasteiger charge is -2.06. The Kier molecular flexibility index (Phi) is 3.11. The number of nitrogens with one attached hydrogen (secondary N) is 1. The largest absolute Gasteiger partial charge is 0.332 e. The van der Waals surface area contributed by atoms with Gasteiger partial charge in [0, 0.05) is 12.1 Å². The van der Waals surface area contributed by atoms with E-state index in [9.17, 15) is 4.79 Å². The molecule has 0 aliphatic heterocycles. The van der Waals surface area contributed by atoms with Crippen molar-refractivity contribution < 1.29 is 4.79 Å². The first kappa shape index (κ1) is 12.4. The van der Waals surface area contributed by atoms with Crippen LogP contribution >= 0.6 is 11.3 Å². The van der Waals surface area contributed by atoms with Crippen molar-refractivity contribution in [2.45, 2.75) is 33.1 Å². The third-order valence-electron chi connectivity index (χ3n) is 3.24. The fourth-order valence-electron chi connectivity index (χ4n) is 2.49. The predicted octanol–water partition coefficient (Wildman–Crippen LogP) is 4.02. The van der Waals surface area contributed by atoms with E-state index in [2.05, 4.69) is 42.3 Å². The molecular formula is C15H16N2OS. The molecule has 0 radical (unpaired) electrons. The van der Waals surface area contributed by atoms with Gasteiger partial charge in [0.1, 0.15) is 0 Å². The fourth-order valence-corrected chi connectivity index (χ4v) is 3.49. The van der Waals surface area contributed by atoms with E-state index in [0.29, 0.717) is 6.42 Å². The lowest BCUT2D eigenvalue weighted by atomic mass is 10.0. The Balaban J connectivity index is 1.89. The van der Waals surface area contributed by atoms with Crippen molar-refractivity contribution in [3.8, 4) is 0 Å². The van der Waals surface area contributed by atoms with Crippen LogP contribution in [-0.2, 0) is 6.42 Å². The summed E-state index contributed by atoms with van der Waals surface area (Å²) < 4.78 is 0. The van der Waals surface area contributed by atoms with Crippen molar-refractivity contribution >= 4 is 27.9 Å². The van der Waals surface area contributed by atoms with Gasteiger partial charge in [-0.2, -0.15) is 0 Å². The highest BCUT2D eigenvalue weighted by atomic mass is 32.1. The van der Waals surface area contributed by atoms with Gasteiger partial charge in [-0.3, -0.25) is 4.79 Å². The Morgan fingerprint density at radius 2 is 1.89 bits per heavy atom. The van der Waals surface area contributed by atoms with Gasteiger partial charge in [0.25, 0.3) is 0 Å². The van der Waals surface area contributed by atoms with Gasteiger partial charge in [-0.05, 0) is 49.9 Å². The van der Waals surface area contributed by atoms with E-state index in [1.807, 2.05) is 0 Å². The van der Waals surface area contributed by atoms with Crippen LogP contribution in [0.5, 0.6) is 0 Å². The van der Waals surface area contributed by atoms with Gasteiger partial charge in [-0.25, -0.2) is 4.98 Å². The molecule has 0 fully saturated rings. The van der Waals surface area contributed by atoms with Crippen LogP contribution in [-0.4, -0.2) is 10.8 Å². The first-order chi connectivity index (χ1) is 9.11. The molecule has 0 saturated heterocycles. The van der Waals surface area contributed by atoms with Crippen molar-refractivity contribution in [1.29, 1.82) is 0 Å². The van der Waals surface area contributed by atoms with E-state index in [4.69, 9.17) is 0 Å². The minimum atomic E-state index is 0.243. The lowest BCUT2D eigenvalue weighted by molar-refractivity contribution is 0.0976. The average molecular weight is 272 g/mol. The Hall–Kier alpha value is -1.68. The third kappa shape index (κ3) is 2.54. The van der Waals surface area contributed by atoms with Gasteiger partial charge in [0.2, 0.25) is 0 Å². The smallest absolute Gasteiger partial charge is 0.188 e. The SMILES string of the molecule is Cc1cc(C)cc(Nc2nc3c(s2)C(=O)CCC3)c1. The van der Waals surface area contributed by atoms with Crippen molar-refractivity contribution in [3.05, 3.63) is 39.9 Å². The molecule has 1 N–H and O–H groups in total. The van der Waals surface area contributed by atoms with Gasteiger partial charge in [-0.1, -0.05) is 17.4 Å². The second-order valence-corrected chi connectivity index (χ2v) is 6.07. The summed E-state index contributed by atoms with van der Waals surface area (Å²) in [5.74, 6) is 0.243. The molecular weight excluding hydrogens is 256 g/mol. The number of aromatic nitrogens is 1. The number of hydrogen-bond donors (Lipinski definition) is 1. The Labute approximate surface area is 116 Å². The van der Waals surface area contributed by atoms with E-state index in [1.165, 1.54) is 22.5 Å². The van der Waals surface area contributed by atoms with Gasteiger partial charge < -0.3 is 5.32 Å². The molecule has 1 heterocycles. The van der Waals surface area contributed by atoms with Crippen LogP contribution in [0.25, 0.3) is 0 Å². The molecule has 0 bridgehead atoms. The van der Waals surface area contributed by atoms with E-state index < -0.39 is 0 Å². The zero-order valence-electron chi connectivity index (χ0n) is 11.1. The molecule has 0 spiro atoms. The van der Waals surface area contributed by atoms with Crippen LogP contribution in [0.3, 0.4) is 0 Å². The summed E-state index contributed by atoms with van der Waals surface area (Å²) in [6, 6.07) is 6.33. The van der Waals surface area contributed by atoms with Crippen LogP contribution in [0.4, 0.5) is 10.8 Å². The minimum Gasteiger partial charge on any atom is -0.332 e. The number of carbonyl (C=O) groups is 1. The first-order valence-electron chi connectivity index (χ1n) is 6.50. The van der Waals surface area contributed by atoms with Crippen LogP contribution in [0.1, 0.15) is 39.3 Å². The number of carbonyl (C=O) groups excluding carboxylic acids is 1. The molecule has 1 aliphatic carbocycles. The monoisotopic (exact) mass is 272 g/mol. The molecule has 3 rings (SSSR count). The summed E-state index contributed by atoms with van der Waals surface area (Å²) in [7, 11) is 0. The van der Waals surface area contributed by atoms with Gasteiger partial charge in [0.05, 0.1) is 10.6 Å².